The third kappa shape index (κ3) is 2.95. The lowest BCUT2D eigenvalue weighted by Crippen LogP contribution is -2.37. The normalized spacial score (nSPS) is 12.4. The Bertz CT molecular complexity index is 956. The van der Waals surface area contributed by atoms with E-state index in [1.54, 1.807) is 18.3 Å². The smallest absolute Gasteiger partial charge is 0.245 e. The van der Waals surface area contributed by atoms with E-state index in [0.717, 1.165) is 11.1 Å². The van der Waals surface area contributed by atoms with Crippen LogP contribution < -0.4 is 0 Å². The maximum absolute atomic E-state index is 13.3. The Morgan fingerprint density at radius 3 is 2.54 bits per heavy atom. The number of sulfonamides is 1. The molecule has 5 nitrogen and oxygen atoms in total. The molecule has 0 amide bonds. The molecule has 0 bridgehead atoms. The molecule has 2 aromatic heterocycles. The van der Waals surface area contributed by atoms with Crippen LogP contribution in [0.3, 0.4) is 0 Å². The second kappa shape index (κ2) is 6.37. The fraction of sp³-hybridized carbons (Fsp3) is 0.278. The van der Waals surface area contributed by atoms with Crippen molar-refractivity contribution in [1.29, 1.82) is 0 Å². The van der Waals surface area contributed by atoms with Gasteiger partial charge in [-0.25, -0.2) is 8.42 Å². The van der Waals surface area contributed by atoms with E-state index in [1.807, 2.05) is 62.0 Å². The largest absolute Gasteiger partial charge is 0.353 e. The molecule has 3 aromatic rings. The number of hydrogen-bond donors (Lipinski definition) is 0. The number of benzene rings is 1. The summed E-state index contributed by atoms with van der Waals surface area (Å²) in [7, 11) is -1.75. The molecule has 24 heavy (non-hydrogen) atoms. The van der Waals surface area contributed by atoms with Crippen molar-refractivity contribution in [1.82, 2.24) is 13.9 Å². The van der Waals surface area contributed by atoms with Gasteiger partial charge in [-0.15, -0.1) is 0 Å². The van der Waals surface area contributed by atoms with Gasteiger partial charge in [0.05, 0.1) is 12.1 Å². The fourth-order valence-electron chi connectivity index (χ4n) is 2.78. The van der Waals surface area contributed by atoms with E-state index in [9.17, 15) is 8.42 Å². The van der Waals surface area contributed by atoms with Gasteiger partial charge < -0.3 is 4.57 Å². The summed E-state index contributed by atoms with van der Waals surface area (Å²) in [6, 6.07) is 12.6. The van der Waals surface area contributed by atoms with Crippen molar-refractivity contribution < 1.29 is 8.42 Å². The van der Waals surface area contributed by atoms with Crippen molar-refractivity contribution in [2.75, 3.05) is 0 Å². The van der Waals surface area contributed by atoms with E-state index in [-0.39, 0.29) is 10.9 Å². The first-order valence-corrected chi connectivity index (χ1v) is 9.31. The van der Waals surface area contributed by atoms with E-state index < -0.39 is 10.0 Å². The van der Waals surface area contributed by atoms with Crippen molar-refractivity contribution in [2.24, 2.45) is 7.05 Å². The number of fused-ring (bicyclic) bond motifs is 1. The number of hydrogen-bond acceptors (Lipinski definition) is 3. The van der Waals surface area contributed by atoms with Crippen molar-refractivity contribution in [2.45, 2.75) is 31.3 Å². The van der Waals surface area contributed by atoms with Crippen molar-refractivity contribution >= 4 is 20.9 Å². The monoisotopic (exact) mass is 343 g/mol. The van der Waals surface area contributed by atoms with Crippen LogP contribution in [0.15, 0.2) is 59.8 Å². The third-order valence-electron chi connectivity index (χ3n) is 4.13. The van der Waals surface area contributed by atoms with E-state index in [1.165, 1.54) is 4.31 Å². The van der Waals surface area contributed by atoms with E-state index in [2.05, 4.69) is 4.98 Å². The molecule has 0 fully saturated rings. The Hall–Kier alpha value is -2.18. The quantitative estimate of drug-likeness (QED) is 0.715. The average Bonchev–Trinajstić information content (AvgIpc) is 2.96. The number of aromatic nitrogens is 2. The highest BCUT2D eigenvalue weighted by Gasteiger charge is 2.29. The van der Waals surface area contributed by atoms with E-state index in [0.29, 0.717) is 12.1 Å². The SMILES string of the molecule is CC(C)N(Cc1cccn1C)S(=O)(=O)c1cccc2cccnc12. The average molecular weight is 343 g/mol. The maximum Gasteiger partial charge on any atom is 0.245 e. The van der Waals surface area contributed by atoms with Crippen molar-refractivity contribution in [3.8, 4) is 0 Å². The Morgan fingerprint density at radius 1 is 1.12 bits per heavy atom. The molecule has 0 unspecified atom stereocenters. The van der Waals surface area contributed by atoms with Gasteiger partial charge >= 0.3 is 0 Å². The molecule has 0 N–H and O–H groups in total. The summed E-state index contributed by atoms with van der Waals surface area (Å²) in [6.45, 7) is 4.10. The fourth-order valence-corrected chi connectivity index (χ4v) is 4.55. The molecule has 0 spiro atoms. The molecule has 6 heteroatoms. The van der Waals surface area contributed by atoms with Gasteiger partial charge in [0.25, 0.3) is 0 Å². The molecule has 2 heterocycles. The molecule has 1 aromatic carbocycles. The first-order valence-electron chi connectivity index (χ1n) is 7.87. The molecule has 0 aliphatic heterocycles. The summed E-state index contributed by atoms with van der Waals surface area (Å²) in [6.07, 6.45) is 3.54. The Balaban J connectivity index is 2.10. The van der Waals surface area contributed by atoms with Gasteiger partial charge in [0.1, 0.15) is 4.90 Å². The Morgan fingerprint density at radius 2 is 1.88 bits per heavy atom. The number of aryl methyl sites for hydroxylation is 1. The molecule has 0 atom stereocenters. The summed E-state index contributed by atoms with van der Waals surface area (Å²) < 4.78 is 30.1. The van der Waals surface area contributed by atoms with Gasteiger partial charge in [0.2, 0.25) is 10.0 Å². The van der Waals surface area contributed by atoms with Crippen LogP contribution in [0.1, 0.15) is 19.5 Å². The van der Waals surface area contributed by atoms with E-state index >= 15 is 0 Å². The first kappa shape index (κ1) is 16.7. The molecule has 0 aliphatic rings. The molecule has 0 radical (unpaired) electrons. The van der Waals surface area contributed by atoms with Crippen LogP contribution in [0.5, 0.6) is 0 Å². The van der Waals surface area contributed by atoms with Crippen LogP contribution >= 0.6 is 0 Å². The second-order valence-corrected chi connectivity index (χ2v) is 7.94. The number of nitrogens with zero attached hydrogens (tertiary/aromatic N) is 3. The summed E-state index contributed by atoms with van der Waals surface area (Å²) >= 11 is 0. The van der Waals surface area contributed by atoms with Crippen LogP contribution in [0.25, 0.3) is 10.9 Å². The number of pyridine rings is 1. The zero-order valence-corrected chi connectivity index (χ0v) is 14.9. The minimum absolute atomic E-state index is 0.163. The zero-order chi connectivity index (χ0) is 17.3. The van der Waals surface area contributed by atoms with Crippen LogP contribution in [-0.4, -0.2) is 28.3 Å². The summed E-state index contributed by atoms with van der Waals surface area (Å²) in [5.41, 5.74) is 1.46. The molecule has 3 rings (SSSR count). The lowest BCUT2D eigenvalue weighted by molar-refractivity contribution is 0.342. The maximum atomic E-state index is 13.3. The molecule has 0 saturated heterocycles. The van der Waals surface area contributed by atoms with Crippen LogP contribution in [0.4, 0.5) is 0 Å². The van der Waals surface area contributed by atoms with E-state index in [4.69, 9.17) is 0 Å². The van der Waals surface area contributed by atoms with Crippen LogP contribution in [0.2, 0.25) is 0 Å². The highest BCUT2D eigenvalue weighted by molar-refractivity contribution is 7.89. The first-order chi connectivity index (χ1) is 11.4. The Labute approximate surface area is 142 Å². The molecule has 126 valence electrons. The van der Waals surface area contributed by atoms with Crippen LogP contribution in [-0.2, 0) is 23.6 Å². The molecular formula is C18H21N3O2S. The van der Waals surface area contributed by atoms with Crippen LogP contribution in [0, 0.1) is 0 Å². The van der Waals surface area contributed by atoms with Gasteiger partial charge in [-0.2, -0.15) is 4.31 Å². The Kier molecular flexibility index (Phi) is 4.43. The van der Waals surface area contributed by atoms with Gasteiger partial charge in [0, 0.05) is 36.6 Å². The zero-order valence-electron chi connectivity index (χ0n) is 14.0. The van der Waals surface area contributed by atoms with Crippen molar-refractivity contribution in [3.05, 3.63) is 60.6 Å². The van der Waals surface area contributed by atoms with Gasteiger partial charge in [-0.1, -0.05) is 18.2 Å². The predicted molar refractivity (Wildman–Crippen MR) is 95.0 cm³/mol. The second-order valence-electron chi connectivity index (χ2n) is 6.09. The lowest BCUT2D eigenvalue weighted by Gasteiger charge is -2.26. The molecule has 0 aliphatic carbocycles. The summed E-state index contributed by atoms with van der Waals surface area (Å²) in [4.78, 5) is 4.55. The molecule has 0 saturated carbocycles. The molecular weight excluding hydrogens is 322 g/mol. The highest BCUT2D eigenvalue weighted by atomic mass is 32.2. The minimum Gasteiger partial charge on any atom is -0.353 e. The van der Waals surface area contributed by atoms with Gasteiger partial charge in [0.15, 0.2) is 0 Å². The van der Waals surface area contributed by atoms with Gasteiger partial charge in [-0.05, 0) is 38.1 Å². The number of rotatable bonds is 5. The minimum atomic E-state index is -3.66. The summed E-state index contributed by atoms with van der Waals surface area (Å²) in [5, 5.41) is 0.821. The predicted octanol–water partition coefficient (Wildman–Crippen LogP) is 3.17. The standard InChI is InChI=1S/C18H21N3O2S/c1-14(2)21(13-16-9-6-12-20(16)3)24(22,23)17-10-4-7-15-8-5-11-19-18(15)17/h4-12,14H,13H2,1-3H3. The third-order valence-corrected chi connectivity index (χ3v) is 6.18. The van der Waals surface area contributed by atoms with Crippen molar-refractivity contribution in [3.63, 3.8) is 0 Å². The summed E-state index contributed by atoms with van der Waals surface area (Å²) in [5.74, 6) is 0. The highest BCUT2D eigenvalue weighted by Crippen LogP contribution is 2.26. The van der Waals surface area contributed by atoms with Gasteiger partial charge in [-0.3, -0.25) is 4.98 Å². The topological polar surface area (TPSA) is 55.2 Å². The number of para-hydroxylation sites is 1. The lowest BCUT2D eigenvalue weighted by atomic mass is 10.2.